The molecule has 3 nitrogen and oxygen atoms in total. The van der Waals surface area contributed by atoms with Crippen molar-refractivity contribution in [2.24, 2.45) is 0 Å². The number of hydrogen-bond donors (Lipinski definition) is 0. The van der Waals surface area contributed by atoms with Crippen molar-refractivity contribution in [3.8, 4) is 0 Å². The van der Waals surface area contributed by atoms with Crippen molar-refractivity contribution >= 4 is 5.78 Å². The highest BCUT2D eigenvalue weighted by Gasteiger charge is 2.14. The summed E-state index contributed by atoms with van der Waals surface area (Å²) in [5.41, 5.74) is 2.09. The van der Waals surface area contributed by atoms with Crippen molar-refractivity contribution in [2.45, 2.75) is 32.7 Å². The quantitative estimate of drug-likeness (QED) is 0.575. The molecule has 0 bridgehead atoms. The number of carbonyl (C=O) groups is 1. The molecule has 0 aromatic carbocycles. The SMILES string of the molecule is Cc1cc2n(n1)CCCC(=O)C2. The van der Waals surface area contributed by atoms with Gasteiger partial charge in [0.15, 0.2) is 0 Å². The fraction of sp³-hybridized carbons (Fsp3) is 0.556. The van der Waals surface area contributed by atoms with E-state index in [4.69, 9.17) is 0 Å². The highest BCUT2D eigenvalue weighted by atomic mass is 16.1. The molecule has 0 fully saturated rings. The summed E-state index contributed by atoms with van der Waals surface area (Å²) in [6.45, 7) is 2.86. The van der Waals surface area contributed by atoms with Crippen LogP contribution in [0.25, 0.3) is 0 Å². The fourth-order valence-corrected chi connectivity index (χ4v) is 1.65. The molecule has 12 heavy (non-hydrogen) atoms. The average molecular weight is 164 g/mol. The molecule has 0 spiro atoms. The normalized spacial score (nSPS) is 17.2. The molecule has 1 aromatic rings. The molecule has 0 saturated carbocycles. The van der Waals surface area contributed by atoms with Gasteiger partial charge in [0, 0.05) is 25.1 Å². The van der Waals surface area contributed by atoms with Crippen molar-refractivity contribution in [1.82, 2.24) is 9.78 Å². The first-order valence-electron chi connectivity index (χ1n) is 4.31. The number of carbonyl (C=O) groups excluding carboxylic acids is 1. The molecular weight excluding hydrogens is 152 g/mol. The van der Waals surface area contributed by atoms with Crippen molar-refractivity contribution in [3.05, 3.63) is 17.5 Å². The van der Waals surface area contributed by atoms with E-state index in [0.717, 1.165) is 24.4 Å². The van der Waals surface area contributed by atoms with E-state index in [1.165, 1.54) is 0 Å². The van der Waals surface area contributed by atoms with Gasteiger partial charge in [0.25, 0.3) is 0 Å². The smallest absolute Gasteiger partial charge is 0.138 e. The third kappa shape index (κ3) is 1.26. The predicted octanol–water partition coefficient (Wildman–Crippen LogP) is 1.10. The topological polar surface area (TPSA) is 34.9 Å². The van der Waals surface area contributed by atoms with E-state index < -0.39 is 0 Å². The molecule has 3 heteroatoms. The molecule has 2 rings (SSSR count). The predicted molar refractivity (Wildman–Crippen MR) is 44.9 cm³/mol. The van der Waals surface area contributed by atoms with Crippen LogP contribution in [-0.4, -0.2) is 15.6 Å². The summed E-state index contributed by atoms with van der Waals surface area (Å²) in [7, 11) is 0. The van der Waals surface area contributed by atoms with E-state index in [-0.39, 0.29) is 0 Å². The Morgan fingerprint density at radius 3 is 3.25 bits per heavy atom. The lowest BCUT2D eigenvalue weighted by molar-refractivity contribution is -0.118. The van der Waals surface area contributed by atoms with E-state index in [1.807, 2.05) is 17.7 Å². The van der Waals surface area contributed by atoms with Gasteiger partial charge in [-0.25, -0.2) is 0 Å². The number of aromatic nitrogens is 2. The maximum atomic E-state index is 11.2. The molecular formula is C9H12N2O. The van der Waals surface area contributed by atoms with E-state index >= 15 is 0 Å². The van der Waals surface area contributed by atoms with Crippen LogP contribution < -0.4 is 0 Å². The van der Waals surface area contributed by atoms with Crippen LogP contribution in [0.4, 0.5) is 0 Å². The zero-order chi connectivity index (χ0) is 8.55. The summed E-state index contributed by atoms with van der Waals surface area (Å²) in [5.74, 6) is 0.341. The van der Waals surface area contributed by atoms with Crippen LogP contribution in [0.2, 0.25) is 0 Å². The van der Waals surface area contributed by atoms with Gasteiger partial charge in [0.05, 0.1) is 5.69 Å². The van der Waals surface area contributed by atoms with E-state index in [1.54, 1.807) is 0 Å². The summed E-state index contributed by atoms with van der Waals surface area (Å²) in [6, 6.07) is 2.00. The van der Waals surface area contributed by atoms with Gasteiger partial charge < -0.3 is 0 Å². The highest BCUT2D eigenvalue weighted by Crippen LogP contribution is 2.12. The molecule has 64 valence electrons. The minimum atomic E-state index is 0.341. The number of hydrogen-bond acceptors (Lipinski definition) is 2. The van der Waals surface area contributed by atoms with Crippen molar-refractivity contribution in [1.29, 1.82) is 0 Å². The van der Waals surface area contributed by atoms with Crippen LogP contribution in [0.5, 0.6) is 0 Å². The van der Waals surface area contributed by atoms with Gasteiger partial charge in [-0.05, 0) is 19.4 Å². The first-order chi connectivity index (χ1) is 5.75. The van der Waals surface area contributed by atoms with Gasteiger partial charge in [-0.1, -0.05) is 0 Å². The number of ketones is 1. The Hall–Kier alpha value is -1.12. The lowest BCUT2D eigenvalue weighted by Crippen LogP contribution is -2.03. The largest absolute Gasteiger partial charge is 0.299 e. The molecule has 1 aliphatic rings. The third-order valence-electron chi connectivity index (χ3n) is 2.19. The minimum absolute atomic E-state index is 0.341. The summed E-state index contributed by atoms with van der Waals surface area (Å²) in [5, 5.41) is 4.31. The maximum Gasteiger partial charge on any atom is 0.138 e. The van der Waals surface area contributed by atoms with Gasteiger partial charge in [-0.3, -0.25) is 9.48 Å². The Morgan fingerprint density at radius 2 is 2.42 bits per heavy atom. The second-order valence-electron chi connectivity index (χ2n) is 3.32. The van der Waals surface area contributed by atoms with Crippen LogP contribution in [0.1, 0.15) is 24.2 Å². The molecule has 0 saturated heterocycles. The zero-order valence-corrected chi connectivity index (χ0v) is 7.21. The van der Waals surface area contributed by atoms with Crippen molar-refractivity contribution < 1.29 is 4.79 Å². The van der Waals surface area contributed by atoms with Crippen LogP contribution in [0, 0.1) is 6.92 Å². The molecule has 2 heterocycles. The van der Waals surface area contributed by atoms with E-state index in [0.29, 0.717) is 18.6 Å². The molecule has 0 amide bonds. The lowest BCUT2D eigenvalue weighted by atomic mass is 10.1. The summed E-state index contributed by atoms with van der Waals surface area (Å²) in [6.07, 6.45) is 2.22. The van der Waals surface area contributed by atoms with Gasteiger partial charge in [-0.2, -0.15) is 5.10 Å². The van der Waals surface area contributed by atoms with Crippen LogP contribution in [-0.2, 0) is 17.8 Å². The molecule has 0 atom stereocenters. The second-order valence-corrected chi connectivity index (χ2v) is 3.32. The van der Waals surface area contributed by atoms with Crippen LogP contribution in [0.15, 0.2) is 6.07 Å². The molecule has 1 aliphatic heterocycles. The number of aryl methyl sites for hydroxylation is 2. The second kappa shape index (κ2) is 2.73. The van der Waals surface area contributed by atoms with Crippen LogP contribution in [0.3, 0.4) is 0 Å². The first-order valence-corrected chi connectivity index (χ1v) is 4.31. The van der Waals surface area contributed by atoms with Crippen molar-refractivity contribution in [2.75, 3.05) is 0 Å². The first kappa shape index (κ1) is 7.53. The Morgan fingerprint density at radius 1 is 1.58 bits per heavy atom. The van der Waals surface area contributed by atoms with E-state index in [9.17, 15) is 4.79 Å². The fourth-order valence-electron chi connectivity index (χ4n) is 1.65. The molecule has 0 unspecified atom stereocenters. The minimum Gasteiger partial charge on any atom is -0.299 e. The number of Topliss-reactive ketones (excluding diaryl/α,β-unsaturated/α-hetero) is 1. The molecule has 1 aromatic heterocycles. The third-order valence-corrected chi connectivity index (χ3v) is 2.19. The molecule has 0 radical (unpaired) electrons. The summed E-state index contributed by atoms with van der Waals surface area (Å²) < 4.78 is 1.96. The molecule has 0 N–H and O–H groups in total. The number of nitrogens with zero attached hydrogens (tertiary/aromatic N) is 2. The number of fused-ring (bicyclic) bond motifs is 1. The van der Waals surface area contributed by atoms with Gasteiger partial charge >= 0.3 is 0 Å². The summed E-state index contributed by atoms with van der Waals surface area (Å²) >= 11 is 0. The number of rotatable bonds is 0. The Labute approximate surface area is 71.4 Å². The Balaban J connectivity index is 2.36. The lowest BCUT2D eigenvalue weighted by Gasteiger charge is -1.98. The van der Waals surface area contributed by atoms with Gasteiger partial charge in [-0.15, -0.1) is 0 Å². The maximum absolute atomic E-state index is 11.2. The zero-order valence-electron chi connectivity index (χ0n) is 7.21. The van der Waals surface area contributed by atoms with Gasteiger partial charge in [0.1, 0.15) is 5.78 Å². The Bertz CT molecular complexity index is 314. The van der Waals surface area contributed by atoms with Crippen molar-refractivity contribution in [3.63, 3.8) is 0 Å². The highest BCUT2D eigenvalue weighted by molar-refractivity contribution is 5.80. The summed E-state index contributed by atoms with van der Waals surface area (Å²) in [4.78, 5) is 11.2. The van der Waals surface area contributed by atoms with Gasteiger partial charge in [0.2, 0.25) is 0 Å². The standard InChI is InChI=1S/C9H12N2O/c1-7-5-8-6-9(12)3-2-4-11(8)10-7/h5H,2-4,6H2,1H3. The average Bonchev–Trinajstić information content (AvgIpc) is 2.23. The molecule has 0 aliphatic carbocycles. The Kier molecular flexibility index (Phi) is 1.71. The van der Waals surface area contributed by atoms with Crippen LogP contribution >= 0.6 is 0 Å². The monoisotopic (exact) mass is 164 g/mol. The van der Waals surface area contributed by atoms with E-state index in [2.05, 4.69) is 5.10 Å².